The number of aliphatic carboxylic acids is 1. The zero-order chi connectivity index (χ0) is 12.0. The van der Waals surface area contributed by atoms with Gasteiger partial charge in [0.25, 0.3) is 0 Å². The smallest absolute Gasteiger partial charge is 0.303 e. The molecule has 1 atom stereocenters. The highest BCUT2D eigenvalue weighted by Crippen LogP contribution is 2.17. The highest BCUT2D eigenvalue weighted by atomic mass is 16.4. The summed E-state index contributed by atoms with van der Waals surface area (Å²) in [4.78, 5) is 23.7. The van der Waals surface area contributed by atoms with Crippen molar-refractivity contribution in [1.29, 1.82) is 0 Å². The lowest BCUT2D eigenvalue weighted by atomic mass is 9.98. The van der Waals surface area contributed by atoms with Crippen molar-refractivity contribution in [1.82, 2.24) is 4.90 Å². The molecule has 1 saturated heterocycles. The number of carboxylic acid groups (broad SMARTS) is 1. The monoisotopic (exact) mass is 229 g/mol. The molecule has 5 heteroatoms. The second-order valence-corrected chi connectivity index (χ2v) is 4.28. The Labute approximate surface area is 95.1 Å². The lowest BCUT2D eigenvalue weighted by Crippen LogP contribution is -2.40. The van der Waals surface area contributed by atoms with Crippen LogP contribution in [0.3, 0.4) is 0 Å². The average molecular weight is 229 g/mol. The highest BCUT2D eigenvalue weighted by molar-refractivity contribution is 5.77. The van der Waals surface area contributed by atoms with Crippen molar-refractivity contribution in [3.8, 4) is 0 Å². The van der Waals surface area contributed by atoms with Gasteiger partial charge in [-0.3, -0.25) is 9.59 Å². The Morgan fingerprint density at radius 3 is 2.69 bits per heavy atom. The van der Waals surface area contributed by atoms with E-state index in [2.05, 4.69) is 0 Å². The summed E-state index contributed by atoms with van der Waals surface area (Å²) in [5.74, 6) is -0.656. The standard InChI is InChI=1S/C11H19NO4/c13-8-9-3-2-6-12(7-9)10(14)4-1-5-11(15)16/h9,13H,1-8H2,(H,15,16). The Morgan fingerprint density at radius 2 is 2.06 bits per heavy atom. The van der Waals surface area contributed by atoms with Crippen LogP contribution in [-0.4, -0.2) is 46.7 Å². The first-order chi connectivity index (χ1) is 7.63. The maximum absolute atomic E-state index is 11.7. The minimum absolute atomic E-state index is 0.0133. The van der Waals surface area contributed by atoms with E-state index in [9.17, 15) is 9.59 Å². The van der Waals surface area contributed by atoms with Crippen molar-refractivity contribution < 1.29 is 19.8 Å². The van der Waals surface area contributed by atoms with E-state index in [4.69, 9.17) is 10.2 Å². The zero-order valence-electron chi connectivity index (χ0n) is 9.39. The Kier molecular flexibility index (Phi) is 5.25. The summed E-state index contributed by atoms with van der Waals surface area (Å²) < 4.78 is 0. The van der Waals surface area contributed by atoms with Gasteiger partial charge in [0.2, 0.25) is 5.91 Å². The number of carbonyl (C=O) groups excluding carboxylic acids is 1. The second-order valence-electron chi connectivity index (χ2n) is 4.28. The zero-order valence-corrected chi connectivity index (χ0v) is 9.39. The van der Waals surface area contributed by atoms with E-state index < -0.39 is 5.97 Å². The molecule has 0 aromatic carbocycles. The third-order valence-electron chi connectivity index (χ3n) is 2.91. The molecule has 0 aromatic heterocycles. The summed E-state index contributed by atoms with van der Waals surface area (Å²) >= 11 is 0. The molecule has 92 valence electrons. The van der Waals surface area contributed by atoms with Crippen molar-refractivity contribution in [3.63, 3.8) is 0 Å². The van der Waals surface area contributed by atoms with Gasteiger partial charge < -0.3 is 15.1 Å². The van der Waals surface area contributed by atoms with Crippen molar-refractivity contribution in [3.05, 3.63) is 0 Å². The van der Waals surface area contributed by atoms with Gasteiger partial charge in [0.05, 0.1) is 0 Å². The summed E-state index contributed by atoms with van der Waals surface area (Å²) in [6.45, 7) is 1.48. The van der Waals surface area contributed by atoms with Crippen molar-refractivity contribution in [2.75, 3.05) is 19.7 Å². The van der Waals surface area contributed by atoms with Crippen LogP contribution < -0.4 is 0 Å². The van der Waals surface area contributed by atoms with E-state index in [1.54, 1.807) is 4.90 Å². The molecule has 1 aliphatic heterocycles. The summed E-state index contributed by atoms with van der Waals surface area (Å²) in [7, 11) is 0. The molecule has 1 aliphatic rings. The maximum Gasteiger partial charge on any atom is 0.303 e. The van der Waals surface area contributed by atoms with Crippen molar-refractivity contribution >= 4 is 11.9 Å². The first-order valence-corrected chi connectivity index (χ1v) is 5.74. The van der Waals surface area contributed by atoms with Crippen LogP contribution >= 0.6 is 0 Å². The number of aliphatic hydroxyl groups excluding tert-OH is 1. The molecule has 1 unspecified atom stereocenters. The number of carboxylic acids is 1. The van der Waals surface area contributed by atoms with E-state index >= 15 is 0 Å². The van der Waals surface area contributed by atoms with E-state index in [0.29, 0.717) is 19.4 Å². The minimum Gasteiger partial charge on any atom is -0.481 e. The van der Waals surface area contributed by atoms with Crippen molar-refractivity contribution in [2.24, 2.45) is 5.92 Å². The van der Waals surface area contributed by atoms with Gasteiger partial charge in [-0.2, -0.15) is 0 Å². The quantitative estimate of drug-likeness (QED) is 0.718. The van der Waals surface area contributed by atoms with Crippen LogP contribution in [0, 0.1) is 5.92 Å². The number of aliphatic hydroxyl groups is 1. The predicted octanol–water partition coefficient (Wildman–Crippen LogP) is 0.472. The molecule has 1 heterocycles. The number of nitrogens with zero attached hydrogens (tertiary/aromatic N) is 1. The fraction of sp³-hybridized carbons (Fsp3) is 0.818. The fourth-order valence-electron chi connectivity index (χ4n) is 1.99. The first-order valence-electron chi connectivity index (χ1n) is 5.74. The minimum atomic E-state index is -0.861. The molecule has 1 amide bonds. The number of carbonyl (C=O) groups is 2. The molecule has 0 aliphatic carbocycles. The van der Waals surface area contributed by atoms with Gasteiger partial charge in [0, 0.05) is 32.5 Å². The van der Waals surface area contributed by atoms with Gasteiger partial charge in [-0.1, -0.05) is 0 Å². The number of amides is 1. The third kappa shape index (κ3) is 4.18. The molecule has 0 aromatic rings. The predicted molar refractivity (Wildman–Crippen MR) is 57.9 cm³/mol. The second kappa shape index (κ2) is 6.48. The summed E-state index contributed by atoms with van der Waals surface area (Å²) in [5.41, 5.74) is 0. The van der Waals surface area contributed by atoms with Gasteiger partial charge in [-0.15, -0.1) is 0 Å². The fourth-order valence-corrected chi connectivity index (χ4v) is 1.99. The SMILES string of the molecule is O=C(O)CCCC(=O)N1CCCC(CO)C1. The van der Waals surface area contributed by atoms with Gasteiger partial charge in [0.1, 0.15) is 0 Å². The van der Waals surface area contributed by atoms with E-state index in [-0.39, 0.29) is 24.9 Å². The van der Waals surface area contributed by atoms with Crippen LogP contribution in [0.4, 0.5) is 0 Å². The molecule has 0 spiro atoms. The molecule has 0 saturated carbocycles. The lowest BCUT2D eigenvalue weighted by molar-refractivity contribution is -0.137. The third-order valence-corrected chi connectivity index (χ3v) is 2.91. The van der Waals surface area contributed by atoms with Crippen LogP contribution in [0.25, 0.3) is 0 Å². The molecule has 1 rings (SSSR count). The Hall–Kier alpha value is -1.10. The van der Waals surface area contributed by atoms with Crippen LogP contribution in [0.2, 0.25) is 0 Å². The Morgan fingerprint density at radius 1 is 1.31 bits per heavy atom. The lowest BCUT2D eigenvalue weighted by Gasteiger charge is -2.31. The number of likely N-dealkylation sites (tertiary alicyclic amines) is 1. The average Bonchev–Trinajstić information content (AvgIpc) is 2.28. The molecule has 0 radical (unpaired) electrons. The van der Waals surface area contributed by atoms with Crippen LogP contribution in [-0.2, 0) is 9.59 Å². The van der Waals surface area contributed by atoms with E-state index in [0.717, 1.165) is 19.4 Å². The van der Waals surface area contributed by atoms with Gasteiger partial charge in [0.15, 0.2) is 0 Å². The summed E-state index contributed by atoms with van der Waals surface area (Å²) in [5, 5.41) is 17.5. The van der Waals surface area contributed by atoms with Crippen LogP contribution in [0.1, 0.15) is 32.1 Å². The first kappa shape index (κ1) is 13.0. The Balaban J connectivity index is 2.27. The largest absolute Gasteiger partial charge is 0.481 e. The van der Waals surface area contributed by atoms with Crippen LogP contribution in [0.15, 0.2) is 0 Å². The van der Waals surface area contributed by atoms with Gasteiger partial charge >= 0.3 is 5.97 Å². The van der Waals surface area contributed by atoms with Crippen LogP contribution in [0.5, 0.6) is 0 Å². The summed E-state index contributed by atoms with van der Waals surface area (Å²) in [6.07, 6.45) is 2.63. The number of hydrogen-bond acceptors (Lipinski definition) is 3. The molecule has 2 N–H and O–H groups in total. The van der Waals surface area contributed by atoms with Crippen molar-refractivity contribution in [2.45, 2.75) is 32.1 Å². The number of hydrogen-bond donors (Lipinski definition) is 2. The Bertz CT molecular complexity index is 254. The van der Waals surface area contributed by atoms with Gasteiger partial charge in [-0.25, -0.2) is 0 Å². The molecule has 16 heavy (non-hydrogen) atoms. The normalized spacial score (nSPS) is 20.8. The highest BCUT2D eigenvalue weighted by Gasteiger charge is 2.22. The molecule has 5 nitrogen and oxygen atoms in total. The van der Waals surface area contributed by atoms with E-state index in [1.165, 1.54) is 0 Å². The maximum atomic E-state index is 11.7. The topological polar surface area (TPSA) is 77.8 Å². The molecule has 1 fully saturated rings. The number of rotatable bonds is 5. The van der Waals surface area contributed by atoms with E-state index in [1.807, 2.05) is 0 Å². The number of piperidine rings is 1. The molecular formula is C11H19NO4. The molecule has 0 bridgehead atoms. The summed E-state index contributed by atoms with van der Waals surface area (Å²) in [6, 6.07) is 0. The molecular weight excluding hydrogens is 210 g/mol. The van der Waals surface area contributed by atoms with Gasteiger partial charge in [-0.05, 0) is 25.2 Å².